The van der Waals surface area contributed by atoms with Crippen LogP contribution in [0.3, 0.4) is 0 Å². The van der Waals surface area contributed by atoms with E-state index in [1.54, 1.807) is 11.8 Å². The molecule has 1 aliphatic heterocycles. The minimum absolute atomic E-state index is 0.146. The summed E-state index contributed by atoms with van der Waals surface area (Å²) in [7, 11) is 0. The lowest BCUT2D eigenvalue weighted by molar-refractivity contribution is 0.123. The molecule has 0 saturated heterocycles. The quantitative estimate of drug-likeness (QED) is 0.629. The third kappa shape index (κ3) is 1.25. The van der Waals surface area contributed by atoms with E-state index in [1.165, 1.54) is 17.7 Å². The minimum atomic E-state index is -0.146. The summed E-state index contributed by atoms with van der Waals surface area (Å²) in [5.74, 6) is 1.16. The van der Waals surface area contributed by atoms with Gasteiger partial charge in [-0.2, -0.15) is 0 Å². The summed E-state index contributed by atoms with van der Waals surface area (Å²) in [6.45, 7) is 4.47. The van der Waals surface area contributed by atoms with Crippen molar-refractivity contribution in [2.45, 2.75) is 38.7 Å². The molecule has 2 aliphatic rings. The number of hydrogen-bond donors (Lipinski definition) is 1. The molecule has 3 heteroatoms. The normalized spacial score (nSPS) is 33.1. The molecule has 2 nitrogen and oxygen atoms in total. The summed E-state index contributed by atoms with van der Waals surface area (Å²) in [6, 6.07) is 0. The second-order valence-electron chi connectivity index (χ2n) is 4.09. The summed E-state index contributed by atoms with van der Waals surface area (Å²) in [6.07, 6.45) is 3.66. The molecule has 68 valence electrons. The zero-order valence-electron chi connectivity index (χ0n) is 7.59. The van der Waals surface area contributed by atoms with Gasteiger partial charge in [0.05, 0.1) is 0 Å². The van der Waals surface area contributed by atoms with Crippen molar-refractivity contribution in [1.82, 2.24) is 0 Å². The molecule has 0 amide bonds. The van der Waals surface area contributed by atoms with Crippen LogP contribution in [0, 0.1) is 5.41 Å². The largest absolute Gasteiger partial charge is 0.469 e. The smallest absolute Gasteiger partial charge is 0.200 e. The highest BCUT2D eigenvalue weighted by Gasteiger charge is 2.37. The van der Waals surface area contributed by atoms with Gasteiger partial charge in [-0.25, -0.2) is 0 Å². The van der Waals surface area contributed by atoms with Crippen molar-refractivity contribution in [3.05, 3.63) is 10.7 Å². The van der Waals surface area contributed by atoms with Gasteiger partial charge in [-0.1, -0.05) is 25.6 Å². The van der Waals surface area contributed by atoms with Crippen molar-refractivity contribution < 1.29 is 4.74 Å². The van der Waals surface area contributed by atoms with Crippen molar-refractivity contribution in [3.8, 4) is 0 Å². The van der Waals surface area contributed by atoms with Gasteiger partial charge in [-0.05, 0) is 19.3 Å². The highest BCUT2D eigenvalue weighted by molar-refractivity contribution is 8.03. The van der Waals surface area contributed by atoms with Crippen LogP contribution in [0.1, 0.15) is 33.1 Å². The number of hydrogen-bond acceptors (Lipinski definition) is 3. The van der Waals surface area contributed by atoms with E-state index in [9.17, 15) is 0 Å². The van der Waals surface area contributed by atoms with Gasteiger partial charge in [0.1, 0.15) is 5.76 Å². The van der Waals surface area contributed by atoms with Crippen molar-refractivity contribution in [2.75, 3.05) is 0 Å². The van der Waals surface area contributed by atoms with Crippen molar-refractivity contribution in [2.24, 2.45) is 11.1 Å². The maximum Gasteiger partial charge on any atom is 0.200 e. The lowest BCUT2D eigenvalue weighted by atomic mass is 9.81. The number of nitrogens with two attached hydrogens (primary N) is 1. The van der Waals surface area contributed by atoms with Crippen LogP contribution >= 0.6 is 11.8 Å². The topological polar surface area (TPSA) is 35.2 Å². The molecule has 0 radical (unpaired) electrons. The van der Waals surface area contributed by atoms with Gasteiger partial charge in [0.2, 0.25) is 0 Å². The van der Waals surface area contributed by atoms with Gasteiger partial charge >= 0.3 is 0 Å². The number of rotatable bonds is 0. The summed E-state index contributed by atoms with van der Waals surface area (Å²) in [5.41, 5.74) is 5.79. The molecule has 1 aliphatic carbocycles. The fourth-order valence-corrected chi connectivity index (χ4v) is 3.03. The van der Waals surface area contributed by atoms with Crippen LogP contribution < -0.4 is 5.73 Å². The highest BCUT2D eigenvalue weighted by atomic mass is 32.2. The van der Waals surface area contributed by atoms with Gasteiger partial charge in [0.15, 0.2) is 5.56 Å². The Kier molecular flexibility index (Phi) is 1.88. The lowest BCUT2D eigenvalue weighted by Crippen LogP contribution is -2.22. The third-order valence-electron chi connectivity index (χ3n) is 2.57. The van der Waals surface area contributed by atoms with Crippen LogP contribution in [-0.2, 0) is 4.74 Å². The fraction of sp³-hybridized carbons (Fsp3) is 0.778. The first-order valence-electron chi connectivity index (χ1n) is 4.42. The van der Waals surface area contributed by atoms with Crippen LogP contribution in [0.5, 0.6) is 0 Å². The fourth-order valence-electron chi connectivity index (χ4n) is 1.91. The zero-order valence-corrected chi connectivity index (χ0v) is 8.41. The lowest BCUT2D eigenvalue weighted by Gasteiger charge is -2.29. The molecule has 0 fully saturated rings. The Labute approximate surface area is 77.5 Å². The third-order valence-corrected chi connectivity index (χ3v) is 3.57. The summed E-state index contributed by atoms with van der Waals surface area (Å²) in [4.78, 5) is 1.39. The summed E-state index contributed by atoms with van der Waals surface area (Å²) in [5, 5.41) is 0. The van der Waals surface area contributed by atoms with Crippen LogP contribution in [0.25, 0.3) is 0 Å². The molecule has 2 N–H and O–H groups in total. The van der Waals surface area contributed by atoms with E-state index >= 15 is 0 Å². The Hall–Kier alpha value is -0.150. The highest BCUT2D eigenvalue weighted by Crippen LogP contribution is 2.49. The molecule has 0 aromatic carbocycles. The number of thioether (sulfide) groups is 1. The van der Waals surface area contributed by atoms with Crippen LogP contribution in [0.4, 0.5) is 0 Å². The SMILES string of the molecule is CC1(C)CCCC2=C1OC(N)S2. The van der Waals surface area contributed by atoms with Gasteiger partial charge < -0.3 is 4.74 Å². The Bertz CT molecular complexity index is 235. The molecule has 0 bridgehead atoms. The molecule has 12 heavy (non-hydrogen) atoms. The average molecular weight is 185 g/mol. The first kappa shape index (κ1) is 8.45. The molecule has 1 heterocycles. The number of ether oxygens (including phenoxy) is 1. The maximum absolute atomic E-state index is 5.71. The predicted molar refractivity (Wildman–Crippen MR) is 51.3 cm³/mol. The Morgan fingerprint density at radius 3 is 3.00 bits per heavy atom. The zero-order chi connectivity index (χ0) is 8.77. The molecule has 1 unspecified atom stereocenters. The first-order chi connectivity index (χ1) is 5.59. The predicted octanol–water partition coefficient (Wildman–Crippen LogP) is 2.41. The monoisotopic (exact) mass is 185 g/mol. The van der Waals surface area contributed by atoms with Crippen LogP contribution in [0.2, 0.25) is 0 Å². The Morgan fingerprint density at radius 1 is 1.58 bits per heavy atom. The second-order valence-corrected chi connectivity index (χ2v) is 5.29. The van der Waals surface area contributed by atoms with Crippen LogP contribution in [-0.4, -0.2) is 5.56 Å². The van der Waals surface area contributed by atoms with Crippen molar-refractivity contribution in [1.29, 1.82) is 0 Å². The van der Waals surface area contributed by atoms with Crippen LogP contribution in [0.15, 0.2) is 10.7 Å². The average Bonchev–Trinajstić information content (AvgIpc) is 2.30. The number of allylic oxidation sites excluding steroid dienone is 2. The molecule has 0 saturated carbocycles. The molecule has 1 atom stereocenters. The van der Waals surface area contributed by atoms with E-state index in [0.29, 0.717) is 0 Å². The van der Waals surface area contributed by atoms with Crippen molar-refractivity contribution >= 4 is 11.8 Å². The Balaban J connectivity index is 2.28. The minimum Gasteiger partial charge on any atom is -0.469 e. The summed E-state index contributed by atoms with van der Waals surface area (Å²) < 4.78 is 5.60. The van der Waals surface area contributed by atoms with E-state index in [1.807, 2.05) is 0 Å². The maximum atomic E-state index is 5.71. The molecular formula is C9H15NOS. The molecule has 0 spiro atoms. The summed E-state index contributed by atoms with van der Waals surface area (Å²) >= 11 is 1.69. The standard InChI is InChI=1S/C9H15NOS/c1-9(2)5-3-4-6-7(9)11-8(10)12-6/h8H,3-5,10H2,1-2H3. The van der Waals surface area contributed by atoms with Gasteiger partial charge in [0, 0.05) is 10.3 Å². The van der Waals surface area contributed by atoms with Crippen molar-refractivity contribution in [3.63, 3.8) is 0 Å². The molecule has 0 aromatic rings. The van der Waals surface area contributed by atoms with E-state index < -0.39 is 0 Å². The molecule has 0 aromatic heterocycles. The van der Waals surface area contributed by atoms with Gasteiger partial charge in [-0.3, -0.25) is 5.73 Å². The van der Waals surface area contributed by atoms with E-state index in [4.69, 9.17) is 10.5 Å². The Morgan fingerprint density at radius 2 is 2.33 bits per heavy atom. The van der Waals surface area contributed by atoms with E-state index in [0.717, 1.165) is 12.2 Å². The van der Waals surface area contributed by atoms with E-state index in [-0.39, 0.29) is 11.0 Å². The first-order valence-corrected chi connectivity index (χ1v) is 5.30. The second kappa shape index (κ2) is 2.67. The van der Waals surface area contributed by atoms with Gasteiger partial charge in [0.25, 0.3) is 0 Å². The van der Waals surface area contributed by atoms with Gasteiger partial charge in [-0.15, -0.1) is 0 Å². The molecule has 2 rings (SSSR count). The van der Waals surface area contributed by atoms with E-state index in [2.05, 4.69) is 13.8 Å². The molecular weight excluding hydrogens is 170 g/mol.